The average Bonchev–Trinajstić information content (AvgIpc) is 2.88. The summed E-state index contributed by atoms with van der Waals surface area (Å²) in [5.74, 6) is 0. The van der Waals surface area contributed by atoms with Crippen molar-refractivity contribution in [1.82, 2.24) is 4.90 Å². The van der Waals surface area contributed by atoms with Gasteiger partial charge in [-0.2, -0.15) is 0 Å². The summed E-state index contributed by atoms with van der Waals surface area (Å²) in [4.78, 5) is 2.20. The summed E-state index contributed by atoms with van der Waals surface area (Å²) in [6, 6.07) is 16.5. The van der Waals surface area contributed by atoms with Crippen LogP contribution in [0, 0.1) is 0 Å². The predicted molar refractivity (Wildman–Crippen MR) is 93.6 cm³/mol. The first kappa shape index (κ1) is 15.4. The monoisotopic (exact) mass is 322 g/mol. The van der Waals surface area contributed by atoms with Gasteiger partial charge in [-0.15, -0.1) is 0 Å². The third kappa shape index (κ3) is 2.10. The largest absolute Gasteiger partial charge is 0.411 e. The Hall–Kier alpha value is -2.17. The van der Waals surface area contributed by atoms with Crippen LogP contribution in [0.4, 0.5) is 0 Å². The van der Waals surface area contributed by atoms with E-state index >= 15 is 0 Å². The van der Waals surface area contributed by atoms with Crippen LogP contribution in [0.5, 0.6) is 0 Å². The van der Waals surface area contributed by atoms with E-state index in [0.717, 1.165) is 36.1 Å². The third-order valence-electron chi connectivity index (χ3n) is 5.13. The van der Waals surface area contributed by atoms with Gasteiger partial charge in [0, 0.05) is 5.56 Å². The van der Waals surface area contributed by atoms with Crippen molar-refractivity contribution in [2.24, 2.45) is 5.16 Å². The zero-order chi connectivity index (χ0) is 16.7. The Kier molecular flexibility index (Phi) is 3.66. The summed E-state index contributed by atoms with van der Waals surface area (Å²) in [7, 11) is 4.19. The van der Waals surface area contributed by atoms with E-state index in [4.69, 9.17) is 4.74 Å². The van der Waals surface area contributed by atoms with Gasteiger partial charge in [-0.1, -0.05) is 53.7 Å². The average molecular weight is 322 g/mol. The van der Waals surface area contributed by atoms with E-state index in [2.05, 4.69) is 48.4 Å². The fraction of sp³-hybridized carbons (Fsp3) is 0.350. The second kappa shape index (κ2) is 5.72. The van der Waals surface area contributed by atoms with Gasteiger partial charge >= 0.3 is 0 Å². The molecular formula is C20H22N2O2. The molecule has 24 heavy (non-hydrogen) atoms. The lowest BCUT2D eigenvalue weighted by molar-refractivity contribution is -0.0343. The zero-order valence-corrected chi connectivity index (χ0v) is 14.1. The lowest BCUT2D eigenvalue weighted by Crippen LogP contribution is -2.36. The van der Waals surface area contributed by atoms with Gasteiger partial charge in [0.1, 0.15) is 17.4 Å². The molecule has 0 amide bonds. The SMILES string of the molecule is CN(C)CCCC12OC(C(=NO)c3ccccc31)c1ccccc12. The standard InChI is InChI=1S/C20H22N2O2/c1-22(2)13-7-12-20-16-10-5-3-8-14(16)18(21-23)19(24-20)15-9-4-6-11-17(15)20/h3-6,8-11,19,23H,7,12-13H2,1-2H3. The highest BCUT2D eigenvalue weighted by Gasteiger charge is 2.52. The summed E-state index contributed by atoms with van der Waals surface area (Å²) < 4.78 is 6.56. The van der Waals surface area contributed by atoms with Crippen molar-refractivity contribution in [1.29, 1.82) is 0 Å². The van der Waals surface area contributed by atoms with Gasteiger partial charge < -0.3 is 14.8 Å². The second-order valence-electron chi connectivity index (χ2n) is 6.85. The number of rotatable bonds is 4. The lowest BCUT2D eigenvalue weighted by atomic mass is 9.80. The minimum Gasteiger partial charge on any atom is -0.411 e. The molecule has 4 rings (SSSR count). The molecule has 0 radical (unpaired) electrons. The van der Waals surface area contributed by atoms with Gasteiger partial charge in [0.25, 0.3) is 0 Å². The molecule has 2 heterocycles. The topological polar surface area (TPSA) is 45.1 Å². The summed E-state index contributed by atoms with van der Waals surface area (Å²) in [5, 5.41) is 13.2. The highest BCUT2D eigenvalue weighted by molar-refractivity contribution is 6.07. The molecule has 0 aliphatic carbocycles. The van der Waals surface area contributed by atoms with Crippen LogP contribution in [0.3, 0.4) is 0 Å². The molecule has 2 aliphatic rings. The molecule has 2 atom stereocenters. The quantitative estimate of drug-likeness (QED) is 0.692. The zero-order valence-electron chi connectivity index (χ0n) is 14.1. The first-order valence-electron chi connectivity index (χ1n) is 8.41. The van der Waals surface area contributed by atoms with E-state index in [1.165, 1.54) is 5.56 Å². The van der Waals surface area contributed by atoms with E-state index in [0.29, 0.717) is 5.71 Å². The normalized spacial score (nSPS) is 25.8. The number of oxime groups is 1. The van der Waals surface area contributed by atoms with Crippen LogP contribution in [0.1, 0.15) is 41.2 Å². The van der Waals surface area contributed by atoms with Gasteiger partial charge in [0.05, 0.1) is 0 Å². The molecule has 4 nitrogen and oxygen atoms in total. The van der Waals surface area contributed by atoms with Crippen molar-refractivity contribution in [3.8, 4) is 0 Å². The van der Waals surface area contributed by atoms with Crippen LogP contribution in [0.25, 0.3) is 0 Å². The Balaban J connectivity index is 1.89. The third-order valence-corrected chi connectivity index (χ3v) is 5.13. The fourth-order valence-corrected chi connectivity index (χ4v) is 4.11. The molecule has 0 saturated carbocycles. The van der Waals surface area contributed by atoms with E-state index in [1.807, 2.05) is 24.3 Å². The number of fused-ring (bicyclic) bond motifs is 7. The highest BCUT2D eigenvalue weighted by Crippen LogP contribution is 2.55. The van der Waals surface area contributed by atoms with Gasteiger partial charge in [0.15, 0.2) is 0 Å². The fourth-order valence-electron chi connectivity index (χ4n) is 4.11. The van der Waals surface area contributed by atoms with Crippen LogP contribution in [-0.4, -0.2) is 36.5 Å². The Labute approximate surface area is 142 Å². The lowest BCUT2D eigenvalue weighted by Gasteiger charge is -2.37. The molecule has 2 bridgehead atoms. The van der Waals surface area contributed by atoms with Crippen molar-refractivity contribution in [3.05, 3.63) is 70.8 Å². The summed E-state index contributed by atoms with van der Waals surface area (Å²) in [5.41, 5.74) is 4.60. The van der Waals surface area contributed by atoms with Gasteiger partial charge in [-0.05, 0) is 50.2 Å². The van der Waals surface area contributed by atoms with Crippen LogP contribution >= 0.6 is 0 Å². The Morgan fingerprint density at radius 3 is 2.54 bits per heavy atom. The Morgan fingerprint density at radius 2 is 1.79 bits per heavy atom. The molecule has 4 heteroatoms. The van der Waals surface area contributed by atoms with Crippen molar-refractivity contribution in [2.45, 2.75) is 24.5 Å². The van der Waals surface area contributed by atoms with Crippen LogP contribution < -0.4 is 0 Å². The Morgan fingerprint density at radius 1 is 1.08 bits per heavy atom. The van der Waals surface area contributed by atoms with E-state index in [9.17, 15) is 5.21 Å². The smallest absolute Gasteiger partial charge is 0.130 e. The molecule has 2 aromatic rings. The van der Waals surface area contributed by atoms with Crippen molar-refractivity contribution >= 4 is 5.71 Å². The molecular weight excluding hydrogens is 300 g/mol. The van der Waals surface area contributed by atoms with Gasteiger partial charge in [-0.25, -0.2) is 0 Å². The summed E-state index contributed by atoms with van der Waals surface area (Å²) in [6.45, 7) is 1.01. The van der Waals surface area contributed by atoms with Crippen LogP contribution in [-0.2, 0) is 10.3 Å². The van der Waals surface area contributed by atoms with Crippen LogP contribution in [0.15, 0.2) is 53.7 Å². The molecule has 1 N–H and O–H groups in total. The molecule has 0 fully saturated rings. The summed E-state index contributed by atoms with van der Waals surface area (Å²) >= 11 is 0. The van der Waals surface area contributed by atoms with E-state index in [1.54, 1.807) is 0 Å². The molecule has 0 saturated heterocycles. The molecule has 0 spiro atoms. The summed E-state index contributed by atoms with van der Waals surface area (Å²) in [6.07, 6.45) is 1.66. The first-order valence-corrected chi connectivity index (χ1v) is 8.41. The maximum absolute atomic E-state index is 9.62. The predicted octanol–water partition coefficient (Wildman–Crippen LogP) is 3.54. The van der Waals surface area contributed by atoms with Gasteiger partial charge in [-0.3, -0.25) is 0 Å². The first-order chi connectivity index (χ1) is 11.7. The molecule has 2 aromatic carbocycles. The number of benzene rings is 2. The number of nitrogens with zero attached hydrogens (tertiary/aromatic N) is 2. The molecule has 0 aromatic heterocycles. The van der Waals surface area contributed by atoms with E-state index in [-0.39, 0.29) is 6.10 Å². The molecule has 124 valence electrons. The number of hydrogen-bond acceptors (Lipinski definition) is 4. The van der Waals surface area contributed by atoms with Crippen molar-refractivity contribution < 1.29 is 9.94 Å². The maximum Gasteiger partial charge on any atom is 0.130 e. The number of hydrogen-bond donors (Lipinski definition) is 1. The van der Waals surface area contributed by atoms with Gasteiger partial charge in [0.2, 0.25) is 0 Å². The minimum atomic E-state index is -0.442. The van der Waals surface area contributed by atoms with E-state index < -0.39 is 5.60 Å². The molecule has 2 aliphatic heterocycles. The minimum absolute atomic E-state index is 0.291. The highest BCUT2D eigenvalue weighted by atomic mass is 16.5. The van der Waals surface area contributed by atoms with Crippen molar-refractivity contribution in [2.75, 3.05) is 20.6 Å². The maximum atomic E-state index is 9.62. The second-order valence-corrected chi connectivity index (χ2v) is 6.85. The Bertz CT molecular complexity index is 800. The van der Waals surface area contributed by atoms with Crippen molar-refractivity contribution in [3.63, 3.8) is 0 Å². The molecule has 2 unspecified atom stereocenters. The number of ether oxygens (including phenoxy) is 1. The van der Waals surface area contributed by atoms with Crippen LogP contribution in [0.2, 0.25) is 0 Å².